The standard InChI is InChI=1S/C13H19F2N3O2S/c1-21(19,20)18-6-4-17(5-7-18)9-13(16)11-3-2-10(14)8-12(11)15/h2-3,8,13H,4-7,9,16H2,1H3. The van der Waals surface area contributed by atoms with E-state index >= 15 is 0 Å². The summed E-state index contributed by atoms with van der Waals surface area (Å²) >= 11 is 0. The number of hydrogen-bond acceptors (Lipinski definition) is 4. The Balaban J connectivity index is 1.94. The molecule has 0 aromatic heterocycles. The molecule has 0 spiro atoms. The molecule has 0 saturated carbocycles. The molecule has 2 rings (SSSR count). The third kappa shape index (κ3) is 4.19. The Morgan fingerprint density at radius 3 is 2.38 bits per heavy atom. The van der Waals surface area contributed by atoms with Crippen molar-refractivity contribution >= 4 is 10.0 Å². The van der Waals surface area contributed by atoms with Crippen LogP contribution in [-0.2, 0) is 10.0 Å². The molecule has 0 bridgehead atoms. The summed E-state index contributed by atoms with van der Waals surface area (Å²) in [6, 6.07) is 2.77. The molecule has 1 aliphatic rings. The highest BCUT2D eigenvalue weighted by Gasteiger charge is 2.25. The maximum atomic E-state index is 13.6. The summed E-state index contributed by atoms with van der Waals surface area (Å²) in [4.78, 5) is 1.98. The SMILES string of the molecule is CS(=O)(=O)N1CCN(CC(N)c2ccc(F)cc2F)CC1. The van der Waals surface area contributed by atoms with E-state index in [1.165, 1.54) is 22.7 Å². The summed E-state index contributed by atoms with van der Waals surface area (Å²) in [5.74, 6) is -1.29. The minimum absolute atomic E-state index is 0.266. The van der Waals surface area contributed by atoms with Crippen LogP contribution in [0, 0.1) is 11.6 Å². The molecule has 1 unspecified atom stereocenters. The lowest BCUT2D eigenvalue weighted by molar-refractivity contribution is 0.179. The molecular formula is C13H19F2N3O2S. The zero-order valence-electron chi connectivity index (χ0n) is 11.8. The summed E-state index contributed by atoms with van der Waals surface area (Å²) < 4.78 is 50.7. The van der Waals surface area contributed by atoms with E-state index < -0.39 is 27.7 Å². The van der Waals surface area contributed by atoms with Gasteiger partial charge in [0.25, 0.3) is 0 Å². The van der Waals surface area contributed by atoms with Gasteiger partial charge in [-0.1, -0.05) is 6.07 Å². The highest BCUT2D eigenvalue weighted by atomic mass is 32.2. The fourth-order valence-corrected chi connectivity index (χ4v) is 3.25. The van der Waals surface area contributed by atoms with Crippen LogP contribution in [0.2, 0.25) is 0 Å². The van der Waals surface area contributed by atoms with Crippen molar-refractivity contribution in [1.29, 1.82) is 0 Å². The van der Waals surface area contributed by atoms with Gasteiger partial charge in [0.2, 0.25) is 10.0 Å². The number of nitrogens with two attached hydrogens (primary N) is 1. The van der Waals surface area contributed by atoms with Crippen LogP contribution in [0.3, 0.4) is 0 Å². The summed E-state index contributed by atoms with van der Waals surface area (Å²) in [6.45, 7) is 2.29. The second-order valence-electron chi connectivity index (χ2n) is 5.23. The van der Waals surface area contributed by atoms with Crippen molar-refractivity contribution in [3.05, 3.63) is 35.4 Å². The van der Waals surface area contributed by atoms with Crippen LogP contribution in [0.5, 0.6) is 0 Å². The first kappa shape index (κ1) is 16.3. The minimum atomic E-state index is -3.17. The summed E-state index contributed by atoms with van der Waals surface area (Å²) in [5, 5.41) is 0. The van der Waals surface area contributed by atoms with E-state index in [2.05, 4.69) is 0 Å². The average molecular weight is 319 g/mol. The molecular weight excluding hydrogens is 300 g/mol. The Morgan fingerprint density at radius 2 is 1.86 bits per heavy atom. The Kier molecular flexibility index (Phi) is 4.92. The number of hydrogen-bond donors (Lipinski definition) is 1. The number of rotatable bonds is 4. The number of halogens is 2. The van der Waals surface area contributed by atoms with E-state index in [-0.39, 0.29) is 5.56 Å². The molecule has 1 aromatic rings. The van der Waals surface area contributed by atoms with Gasteiger partial charge < -0.3 is 5.73 Å². The third-order valence-corrected chi connectivity index (χ3v) is 4.92. The molecule has 0 aliphatic carbocycles. The van der Waals surface area contributed by atoms with Crippen molar-refractivity contribution in [2.75, 3.05) is 39.0 Å². The van der Waals surface area contributed by atoms with Gasteiger partial charge in [0, 0.05) is 50.4 Å². The zero-order valence-corrected chi connectivity index (χ0v) is 12.6. The number of benzene rings is 1. The van der Waals surface area contributed by atoms with E-state index in [1.807, 2.05) is 4.90 Å². The lowest BCUT2D eigenvalue weighted by Gasteiger charge is -2.34. The van der Waals surface area contributed by atoms with Gasteiger partial charge in [-0.3, -0.25) is 4.90 Å². The maximum absolute atomic E-state index is 13.6. The molecule has 8 heteroatoms. The normalized spacial score (nSPS) is 19.6. The molecule has 1 heterocycles. The maximum Gasteiger partial charge on any atom is 0.211 e. The van der Waals surface area contributed by atoms with E-state index in [0.717, 1.165) is 6.07 Å². The van der Waals surface area contributed by atoms with E-state index in [4.69, 9.17) is 5.73 Å². The smallest absolute Gasteiger partial charge is 0.211 e. The van der Waals surface area contributed by atoms with Crippen molar-refractivity contribution in [2.24, 2.45) is 5.73 Å². The van der Waals surface area contributed by atoms with Crippen molar-refractivity contribution in [2.45, 2.75) is 6.04 Å². The number of sulfonamides is 1. The van der Waals surface area contributed by atoms with Crippen LogP contribution in [0.1, 0.15) is 11.6 Å². The fraction of sp³-hybridized carbons (Fsp3) is 0.538. The van der Waals surface area contributed by atoms with Gasteiger partial charge in [0.05, 0.1) is 6.26 Å². The molecule has 21 heavy (non-hydrogen) atoms. The third-order valence-electron chi connectivity index (χ3n) is 3.62. The van der Waals surface area contributed by atoms with E-state index in [9.17, 15) is 17.2 Å². The van der Waals surface area contributed by atoms with Gasteiger partial charge in [0.15, 0.2) is 0 Å². The van der Waals surface area contributed by atoms with Crippen LogP contribution in [0.25, 0.3) is 0 Å². The second-order valence-corrected chi connectivity index (χ2v) is 7.22. The Bertz CT molecular complexity index is 601. The predicted molar refractivity (Wildman–Crippen MR) is 76.1 cm³/mol. The van der Waals surface area contributed by atoms with Crippen LogP contribution >= 0.6 is 0 Å². The van der Waals surface area contributed by atoms with Gasteiger partial charge in [0.1, 0.15) is 11.6 Å². The molecule has 0 amide bonds. The van der Waals surface area contributed by atoms with Crippen LogP contribution in [0.15, 0.2) is 18.2 Å². The highest BCUT2D eigenvalue weighted by Crippen LogP contribution is 2.18. The first-order chi connectivity index (χ1) is 9.77. The molecule has 1 fully saturated rings. The quantitative estimate of drug-likeness (QED) is 0.880. The molecule has 5 nitrogen and oxygen atoms in total. The second kappa shape index (κ2) is 6.35. The zero-order chi connectivity index (χ0) is 15.6. The summed E-state index contributed by atoms with van der Waals surface area (Å²) in [5.41, 5.74) is 6.23. The van der Waals surface area contributed by atoms with Crippen LogP contribution in [-0.4, -0.2) is 56.6 Å². The Hall–Kier alpha value is -1.09. The lowest BCUT2D eigenvalue weighted by Crippen LogP contribution is -2.49. The van der Waals surface area contributed by atoms with Crippen LogP contribution < -0.4 is 5.73 Å². The average Bonchev–Trinajstić information content (AvgIpc) is 2.38. The molecule has 1 aliphatic heterocycles. The van der Waals surface area contributed by atoms with E-state index in [1.54, 1.807) is 0 Å². The summed E-state index contributed by atoms with van der Waals surface area (Å²) in [6.07, 6.45) is 1.18. The van der Waals surface area contributed by atoms with Gasteiger partial charge >= 0.3 is 0 Å². The topological polar surface area (TPSA) is 66.6 Å². The predicted octanol–water partition coefficient (Wildman–Crippen LogP) is 0.542. The van der Waals surface area contributed by atoms with E-state index in [0.29, 0.717) is 32.7 Å². The van der Waals surface area contributed by atoms with Gasteiger partial charge in [-0.05, 0) is 6.07 Å². The molecule has 2 N–H and O–H groups in total. The molecule has 0 radical (unpaired) electrons. The van der Waals surface area contributed by atoms with Crippen molar-refractivity contribution < 1.29 is 17.2 Å². The molecule has 1 saturated heterocycles. The number of piperazine rings is 1. The molecule has 118 valence electrons. The van der Waals surface area contributed by atoms with Crippen molar-refractivity contribution in [3.8, 4) is 0 Å². The largest absolute Gasteiger partial charge is 0.323 e. The fourth-order valence-electron chi connectivity index (χ4n) is 2.42. The van der Waals surface area contributed by atoms with Gasteiger partial charge in [-0.2, -0.15) is 4.31 Å². The molecule has 1 atom stereocenters. The van der Waals surface area contributed by atoms with Gasteiger partial charge in [-0.15, -0.1) is 0 Å². The first-order valence-corrected chi connectivity index (χ1v) is 8.50. The summed E-state index contributed by atoms with van der Waals surface area (Å²) in [7, 11) is -3.17. The lowest BCUT2D eigenvalue weighted by atomic mass is 10.1. The minimum Gasteiger partial charge on any atom is -0.323 e. The van der Waals surface area contributed by atoms with Crippen molar-refractivity contribution in [1.82, 2.24) is 9.21 Å². The Labute approximate surface area is 123 Å². The van der Waals surface area contributed by atoms with Crippen molar-refractivity contribution in [3.63, 3.8) is 0 Å². The van der Waals surface area contributed by atoms with Gasteiger partial charge in [-0.25, -0.2) is 17.2 Å². The van der Waals surface area contributed by atoms with Crippen LogP contribution in [0.4, 0.5) is 8.78 Å². The Morgan fingerprint density at radius 1 is 1.24 bits per heavy atom. The molecule has 1 aromatic carbocycles. The monoisotopic (exact) mass is 319 g/mol. The highest BCUT2D eigenvalue weighted by molar-refractivity contribution is 7.88. The number of nitrogens with zero attached hydrogens (tertiary/aromatic N) is 2. The first-order valence-electron chi connectivity index (χ1n) is 6.65.